The molecule has 0 aromatic rings. The van der Waals surface area contributed by atoms with Crippen LogP contribution in [0.5, 0.6) is 0 Å². The highest BCUT2D eigenvalue weighted by molar-refractivity contribution is 9.09. The minimum Gasteiger partial charge on any atom is -0.462 e. The van der Waals surface area contributed by atoms with E-state index in [0.29, 0.717) is 0 Å². The predicted octanol–water partition coefficient (Wildman–Crippen LogP) is 4.57. The molecule has 1 aliphatic rings. The Bertz CT molecular complexity index is 824. The molecule has 9 nitrogen and oxygen atoms in total. The van der Waals surface area contributed by atoms with Crippen molar-refractivity contribution in [3.05, 3.63) is 0 Å². The number of rotatable bonds is 5. The van der Waals surface area contributed by atoms with Gasteiger partial charge in [-0.05, 0) is 83.1 Å². The third-order valence-electron chi connectivity index (χ3n) is 5.13. The molecule has 0 spiro atoms. The van der Waals surface area contributed by atoms with E-state index in [2.05, 4.69) is 15.9 Å². The molecule has 0 bridgehead atoms. The van der Waals surface area contributed by atoms with Crippen LogP contribution in [0.25, 0.3) is 0 Å². The van der Waals surface area contributed by atoms with Crippen LogP contribution < -0.4 is 0 Å². The number of carbonyl (C=O) groups is 4. The van der Waals surface area contributed by atoms with Gasteiger partial charge in [0.25, 0.3) is 0 Å². The Morgan fingerprint density at radius 2 is 0.917 bits per heavy atom. The molecule has 0 unspecified atom stereocenters. The van der Waals surface area contributed by atoms with E-state index in [1.165, 1.54) is 0 Å². The summed E-state index contributed by atoms with van der Waals surface area (Å²) in [7, 11) is 0. The zero-order valence-electron chi connectivity index (χ0n) is 23.6. The first-order valence-electron chi connectivity index (χ1n) is 12.1. The van der Waals surface area contributed by atoms with Crippen LogP contribution in [-0.2, 0) is 42.9 Å². The molecule has 0 aliphatic carbocycles. The molecule has 208 valence electrons. The van der Waals surface area contributed by atoms with Gasteiger partial charge in [-0.15, -0.1) is 0 Å². The number of esters is 4. The van der Waals surface area contributed by atoms with Gasteiger partial charge >= 0.3 is 23.9 Å². The lowest BCUT2D eigenvalue weighted by Gasteiger charge is -2.44. The van der Waals surface area contributed by atoms with Gasteiger partial charge in [0.15, 0.2) is 23.3 Å². The zero-order chi connectivity index (χ0) is 28.4. The molecule has 0 aromatic heterocycles. The van der Waals surface area contributed by atoms with Crippen molar-refractivity contribution in [2.45, 2.75) is 113 Å². The Morgan fingerprint density at radius 3 is 1.28 bits per heavy atom. The Morgan fingerprint density at radius 1 is 0.583 bits per heavy atom. The van der Waals surface area contributed by atoms with Crippen molar-refractivity contribution in [1.82, 2.24) is 0 Å². The summed E-state index contributed by atoms with van der Waals surface area (Å²) < 4.78 is 28.8. The fraction of sp³-hybridized carbons (Fsp3) is 0.846. The second-order valence-corrected chi connectivity index (χ2v) is 14.1. The maximum Gasteiger partial charge on any atom is 0.311 e. The Labute approximate surface area is 223 Å². The molecule has 1 fully saturated rings. The normalized spacial score (nSPS) is 25.5. The van der Waals surface area contributed by atoms with Crippen LogP contribution >= 0.6 is 15.9 Å². The number of carbonyl (C=O) groups excluding carboxylic acids is 4. The molecule has 1 rings (SSSR count). The summed E-state index contributed by atoms with van der Waals surface area (Å²) in [4.78, 5) is 51.1. The van der Waals surface area contributed by atoms with Gasteiger partial charge in [0.1, 0.15) is 12.7 Å². The summed E-state index contributed by atoms with van der Waals surface area (Å²) in [5.41, 5.74) is -3.43. The third-order valence-corrected chi connectivity index (χ3v) is 5.87. The highest BCUT2D eigenvalue weighted by Crippen LogP contribution is 2.35. The summed E-state index contributed by atoms with van der Waals surface area (Å²) in [5, 5.41) is -0.940. The van der Waals surface area contributed by atoms with Crippen molar-refractivity contribution < 1.29 is 42.9 Å². The zero-order valence-corrected chi connectivity index (χ0v) is 25.2. The summed E-state index contributed by atoms with van der Waals surface area (Å²) in [5.74, 6) is -2.22. The number of ether oxygens (including phenoxy) is 5. The second-order valence-electron chi connectivity index (χ2n) is 13.2. The molecule has 1 saturated heterocycles. The van der Waals surface area contributed by atoms with E-state index in [0.717, 1.165) is 0 Å². The smallest absolute Gasteiger partial charge is 0.311 e. The Hall–Kier alpha value is -1.68. The minimum atomic E-state index is -1.23. The van der Waals surface area contributed by atoms with Crippen molar-refractivity contribution in [2.75, 3.05) is 6.61 Å². The molecule has 1 heterocycles. The number of hydrogen-bond acceptors (Lipinski definition) is 9. The fourth-order valence-electron chi connectivity index (χ4n) is 2.68. The van der Waals surface area contributed by atoms with Crippen molar-refractivity contribution >= 4 is 39.8 Å². The summed E-state index contributed by atoms with van der Waals surface area (Å²) in [6.07, 6.45) is -4.60. The van der Waals surface area contributed by atoms with Crippen LogP contribution in [0.2, 0.25) is 0 Å². The molecule has 1 aliphatic heterocycles. The van der Waals surface area contributed by atoms with E-state index in [1.54, 1.807) is 83.1 Å². The van der Waals surface area contributed by atoms with E-state index in [1.807, 2.05) is 0 Å². The lowest BCUT2D eigenvalue weighted by Crippen LogP contribution is -2.62. The highest BCUT2D eigenvalue weighted by atomic mass is 79.9. The molecule has 0 aromatic carbocycles. The quantitative estimate of drug-likeness (QED) is 0.263. The number of alkyl halides is 1. The van der Waals surface area contributed by atoms with E-state index in [9.17, 15) is 19.2 Å². The minimum absolute atomic E-state index is 0.274. The van der Waals surface area contributed by atoms with Crippen LogP contribution in [0.3, 0.4) is 0 Å². The molecule has 0 N–H and O–H groups in total. The molecule has 5 atom stereocenters. The second kappa shape index (κ2) is 11.4. The standard InChI is InChI=1S/C26H43BrO9/c1-23(2,3)19(28)32-13-14-15(34-20(29)24(4,5)6)16(35-21(30)25(7,8)9)17(18(27)33-14)36-22(31)26(10,11)12/h14-18H,13H2,1-12H3/t14-,15-,16-,17+,18+/m1/s1. The molecule has 0 radical (unpaired) electrons. The maximum atomic E-state index is 13.0. The lowest BCUT2D eigenvalue weighted by molar-refractivity contribution is -0.245. The van der Waals surface area contributed by atoms with E-state index < -0.39 is 75.0 Å². The van der Waals surface area contributed by atoms with Crippen LogP contribution in [0.15, 0.2) is 0 Å². The van der Waals surface area contributed by atoms with Gasteiger partial charge in [-0.1, -0.05) is 15.9 Å². The topological polar surface area (TPSA) is 114 Å². The van der Waals surface area contributed by atoms with Crippen LogP contribution in [-0.4, -0.2) is 59.9 Å². The SMILES string of the molecule is CC(C)(C)C(=O)OC[C@H]1O[C@H](Br)[C@@H](OC(=O)C(C)(C)C)[C@H](OC(=O)C(C)(C)C)[C@@H]1OC(=O)C(C)(C)C. The number of hydrogen-bond donors (Lipinski definition) is 0. The van der Waals surface area contributed by atoms with Crippen molar-refractivity contribution in [2.24, 2.45) is 21.7 Å². The average Bonchev–Trinajstić information content (AvgIpc) is 2.67. The van der Waals surface area contributed by atoms with Gasteiger partial charge in [-0.3, -0.25) is 19.2 Å². The van der Waals surface area contributed by atoms with Gasteiger partial charge in [0.05, 0.1) is 21.7 Å². The first kappa shape index (κ1) is 32.3. The van der Waals surface area contributed by atoms with Crippen molar-refractivity contribution in [3.63, 3.8) is 0 Å². The molecule has 0 amide bonds. The van der Waals surface area contributed by atoms with Crippen molar-refractivity contribution in [1.29, 1.82) is 0 Å². The molecular formula is C26H43BrO9. The lowest BCUT2D eigenvalue weighted by atomic mass is 9.93. The van der Waals surface area contributed by atoms with E-state index in [4.69, 9.17) is 23.7 Å². The third kappa shape index (κ3) is 9.01. The fourth-order valence-corrected chi connectivity index (χ4v) is 3.36. The van der Waals surface area contributed by atoms with Crippen LogP contribution in [0.1, 0.15) is 83.1 Å². The van der Waals surface area contributed by atoms with Gasteiger partial charge in [0.2, 0.25) is 0 Å². The number of halogens is 1. The molecular weight excluding hydrogens is 536 g/mol. The van der Waals surface area contributed by atoms with Gasteiger partial charge < -0.3 is 23.7 Å². The van der Waals surface area contributed by atoms with Gasteiger partial charge in [0, 0.05) is 0 Å². The summed E-state index contributed by atoms with van der Waals surface area (Å²) in [6.45, 7) is 19.9. The van der Waals surface area contributed by atoms with E-state index >= 15 is 0 Å². The monoisotopic (exact) mass is 578 g/mol. The predicted molar refractivity (Wildman–Crippen MR) is 136 cm³/mol. The van der Waals surface area contributed by atoms with Gasteiger partial charge in [-0.2, -0.15) is 0 Å². The Balaban J connectivity index is 3.50. The van der Waals surface area contributed by atoms with Crippen LogP contribution in [0.4, 0.5) is 0 Å². The Kier molecular flexibility index (Phi) is 10.2. The molecule has 0 saturated carbocycles. The van der Waals surface area contributed by atoms with Gasteiger partial charge in [-0.25, -0.2) is 0 Å². The molecule has 36 heavy (non-hydrogen) atoms. The first-order valence-corrected chi connectivity index (χ1v) is 13.0. The largest absolute Gasteiger partial charge is 0.462 e. The average molecular weight is 580 g/mol. The van der Waals surface area contributed by atoms with Crippen LogP contribution in [0, 0.1) is 21.7 Å². The summed E-state index contributed by atoms with van der Waals surface area (Å²) >= 11 is 3.38. The maximum absolute atomic E-state index is 13.0. The summed E-state index contributed by atoms with van der Waals surface area (Å²) in [6, 6.07) is 0. The molecule has 10 heteroatoms. The van der Waals surface area contributed by atoms with Crippen molar-refractivity contribution in [3.8, 4) is 0 Å². The highest BCUT2D eigenvalue weighted by Gasteiger charge is 2.53. The van der Waals surface area contributed by atoms with E-state index in [-0.39, 0.29) is 6.61 Å². The first-order chi connectivity index (χ1) is 16.0.